The van der Waals surface area contributed by atoms with E-state index in [1.165, 1.54) is 6.07 Å². The SMILES string of the molecule is CC(C)(CCCC(=O)N1CCc2c(n(Cc3ccc(C(F)(F)F)s3)c3ncccc23)C1)C(=O)O. The molecule has 1 amide bonds. The highest BCUT2D eigenvalue weighted by Crippen LogP contribution is 2.36. The van der Waals surface area contributed by atoms with E-state index in [0.717, 1.165) is 34.0 Å². The Bertz CT molecular complexity index is 1230. The van der Waals surface area contributed by atoms with Crippen LogP contribution in [0.2, 0.25) is 0 Å². The maximum absolute atomic E-state index is 13.1. The molecule has 0 aromatic carbocycles. The molecule has 0 saturated carbocycles. The summed E-state index contributed by atoms with van der Waals surface area (Å²) in [5, 5.41) is 10.2. The first kappa shape index (κ1) is 24.3. The quantitative estimate of drug-likeness (QED) is 0.483. The highest BCUT2D eigenvalue weighted by Gasteiger charge is 2.33. The standard InChI is InChI=1S/C24H26F3N3O3S/c1-23(2,22(32)33)10-3-6-20(31)29-12-9-16-17-5-4-11-28-21(17)30(18(16)14-29)13-15-7-8-19(34-15)24(25,26)27/h4-5,7-8,11H,3,6,9-10,12-14H2,1-2H3,(H,32,33). The maximum Gasteiger partial charge on any atom is 0.425 e. The molecule has 6 nitrogen and oxygen atoms in total. The number of carbonyl (C=O) groups excluding carboxylic acids is 1. The number of aromatic nitrogens is 2. The number of carboxylic acids is 1. The van der Waals surface area contributed by atoms with E-state index in [1.807, 2.05) is 16.7 Å². The van der Waals surface area contributed by atoms with Crippen LogP contribution >= 0.6 is 11.3 Å². The smallest absolute Gasteiger partial charge is 0.425 e. The average molecular weight is 494 g/mol. The summed E-state index contributed by atoms with van der Waals surface area (Å²) in [6.45, 7) is 4.43. The van der Waals surface area contributed by atoms with Gasteiger partial charge in [0.1, 0.15) is 10.5 Å². The van der Waals surface area contributed by atoms with Gasteiger partial charge >= 0.3 is 12.1 Å². The molecule has 1 aliphatic rings. The lowest BCUT2D eigenvalue weighted by Crippen LogP contribution is -2.36. The highest BCUT2D eigenvalue weighted by atomic mass is 32.1. The van der Waals surface area contributed by atoms with E-state index in [0.29, 0.717) is 42.9 Å². The molecule has 34 heavy (non-hydrogen) atoms. The van der Waals surface area contributed by atoms with Crippen molar-refractivity contribution in [3.63, 3.8) is 0 Å². The molecule has 4 rings (SSSR count). The van der Waals surface area contributed by atoms with Crippen LogP contribution in [0.15, 0.2) is 30.5 Å². The maximum atomic E-state index is 13.1. The lowest BCUT2D eigenvalue weighted by Gasteiger charge is -2.29. The fraction of sp³-hybridized carbons (Fsp3) is 0.458. The molecule has 10 heteroatoms. The van der Waals surface area contributed by atoms with Crippen molar-refractivity contribution in [1.29, 1.82) is 0 Å². The minimum atomic E-state index is -4.38. The number of fused-ring (bicyclic) bond motifs is 3. The van der Waals surface area contributed by atoms with Crippen molar-refractivity contribution < 1.29 is 27.9 Å². The molecule has 1 aliphatic heterocycles. The Balaban J connectivity index is 1.55. The van der Waals surface area contributed by atoms with Crippen LogP contribution in [0.5, 0.6) is 0 Å². The number of carboxylic acid groups (broad SMARTS) is 1. The topological polar surface area (TPSA) is 75.4 Å². The molecule has 4 heterocycles. The number of halogens is 3. The van der Waals surface area contributed by atoms with E-state index in [4.69, 9.17) is 0 Å². The van der Waals surface area contributed by atoms with Crippen molar-refractivity contribution in [2.75, 3.05) is 6.54 Å². The van der Waals surface area contributed by atoms with Crippen molar-refractivity contribution in [2.24, 2.45) is 5.41 Å². The Labute approximate surface area is 199 Å². The van der Waals surface area contributed by atoms with E-state index >= 15 is 0 Å². The number of thiophene rings is 1. The molecule has 3 aromatic rings. The second-order valence-electron chi connectivity index (χ2n) is 9.26. The molecule has 0 aliphatic carbocycles. The first-order valence-corrected chi connectivity index (χ1v) is 11.9. The molecule has 182 valence electrons. The number of aliphatic carboxylic acids is 1. The van der Waals surface area contributed by atoms with Crippen molar-refractivity contribution in [3.05, 3.63) is 51.5 Å². The summed E-state index contributed by atoms with van der Waals surface area (Å²) < 4.78 is 41.2. The van der Waals surface area contributed by atoms with Crippen LogP contribution in [0.3, 0.4) is 0 Å². The van der Waals surface area contributed by atoms with Gasteiger partial charge in [-0.25, -0.2) is 4.98 Å². The van der Waals surface area contributed by atoms with Crippen LogP contribution in [0, 0.1) is 5.41 Å². The number of alkyl halides is 3. The van der Waals surface area contributed by atoms with Crippen molar-refractivity contribution in [1.82, 2.24) is 14.5 Å². The highest BCUT2D eigenvalue weighted by molar-refractivity contribution is 7.12. The summed E-state index contributed by atoms with van der Waals surface area (Å²) in [5.74, 6) is -0.936. The third-order valence-corrected chi connectivity index (χ3v) is 7.51. The van der Waals surface area contributed by atoms with Crippen molar-refractivity contribution >= 4 is 34.2 Å². The normalized spacial score (nSPS) is 14.4. The third kappa shape index (κ3) is 4.82. The molecular weight excluding hydrogens is 467 g/mol. The Morgan fingerprint density at radius 2 is 1.97 bits per heavy atom. The van der Waals surface area contributed by atoms with Crippen molar-refractivity contribution in [2.45, 2.75) is 58.8 Å². The second-order valence-corrected chi connectivity index (χ2v) is 10.4. The van der Waals surface area contributed by atoms with E-state index in [2.05, 4.69) is 4.98 Å². The van der Waals surface area contributed by atoms with Gasteiger partial charge in [-0.05, 0) is 62.9 Å². The van der Waals surface area contributed by atoms with Gasteiger partial charge in [-0.15, -0.1) is 11.3 Å². The van der Waals surface area contributed by atoms with Gasteiger partial charge in [-0.2, -0.15) is 13.2 Å². The Hall–Kier alpha value is -2.88. The predicted octanol–water partition coefficient (Wildman–Crippen LogP) is 5.33. The lowest BCUT2D eigenvalue weighted by molar-refractivity contribution is -0.147. The van der Waals surface area contributed by atoms with Crippen LogP contribution in [0.1, 0.15) is 54.1 Å². The van der Waals surface area contributed by atoms with Gasteiger partial charge in [0.25, 0.3) is 0 Å². The largest absolute Gasteiger partial charge is 0.481 e. The van der Waals surface area contributed by atoms with Crippen LogP contribution in [-0.4, -0.2) is 38.0 Å². The third-order valence-electron chi connectivity index (χ3n) is 6.39. The summed E-state index contributed by atoms with van der Waals surface area (Å²) in [6.07, 6.45) is -0.955. The zero-order chi connectivity index (χ0) is 24.7. The lowest BCUT2D eigenvalue weighted by atomic mass is 9.87. The van der Waals surface area contributed by atoms with E-state index < -0.39 is 22.4 Å². The van der Waals surface area contributed by atoms with E-state index in [9.17, 15) is 27.9 Å². The summed E-state index contributed by atoms with van der Waals surface area (Å²) in [7, 11) is 0. The number of hydrogen-bond donors (Lipinski definition) is 1. The number of pyridine rings is 1. The van der Waals surface area contributed by atoms with Gasteiger partial charge in [0.2, 0.25) is 5.91 Å². The number of rotatable bonds is 7. The van der Waals surface area contributed by atoms with Gasteiger partial charge in [0, 0.05) is 35.1 Å². The first-order chi connectivity index (χ1) is 16.0. The zero-order valence-corrected chi connectivity index (χ0v) is 19.8. The number of nitrogens with zero attached hydrogens (tertiary/aromatic N) is 3. The fourth-order valence-electron chi connectivity index (χ4n) is 4.36. The van der Waals surface area contributed by atoms with Crippen LogP contribution in [0.25, 0.3) is 11.0 Å². The minimum Gasteiger partial charge on any atom is -0.481 e. The molecule has 0 saturated heterocycles. The van der Waals surface area contributed by atoms with E-state index in [1.54, 1.807) is 24.9 Å². The molecule has 1 N–H and O–H groups in total. The molecule has 0 fully saturated rings. The second kappa shape index (κ2) is 9.05. The molecule has 0 atom stereocenters. The van der Waals surface area contributed by atoms with Gasteiger partial charge in [0.15, 0.2) is 0 Å². The predicted molar refractivity (Wildman–Crippen MR) is 123 cm³/mol. The van der Waals surface area contributed by atoms with Gasteiger partial charge < -0.3 is 14.6 Å². The zero-order valence-electron chi connectivity index (χ0n) is 19.0. The van der Waals surface area contributed by atoms with Crippen molar-refractivity contribution in [3.8, 4) is 0 Å². The van der Waals surface area contributed by atoms with Crippen LogP contribution in [-0.2, 0) is 35.3 Å². The number of hydrogen-bond acceptors (Lipinski definition) is 4. The molecule has 0 spiro atoms. The molecule has 3 aromatic heterocycles. The number of carbonyl (C=O) groups is 2. The Kier molecular flexibility index (Phi) is 6.46. The summed E-state index contributed by atoms with van der Waals surface area (Å²) in [6, 6.07) is 6.38. The monoisotopic (exact) mass is 493 g/mol. The first-order valence-electron chi connectivity index (χ1n) is 11.1. The molecule has 0 radical (unpaired) electrons. The summed E-state index contributed by atoms with van der Waals surface area (Å²) >= 11 is 0.718. The van der Waals surface area contributed by atoms with Gasteiger partial charge in [-0.3, -0.25) is 9.59 Å². The fourth-order valence-corrected chi connectivity index (χ4v) is 5.23. The summed E-state index contributed by atoms with van der Waals surface area (Å²) in [4.78, 5) is 30.4. The Morgan fingerprint density at radius 1 is 1.21 bits per heavy atom. The molecule has 0 bridgehead atoms. The van der Waals surface area contributed by atoms with Gasteiger partial charge in [0.05, 0.1) is 18.5 Å². The van der Waals surface area contributed by atoms with Gasteiger partial charge in [-0.1, -0.05) is 0 Å². The van der Waals surface area contributed by atoms with E-state index in [-0.39, 0.29) is 18.9 Å². The molecular formula is C24H26F3N3O3S. The summed E-state index contributed by atoms with van der Waals surface area (Å²) in [5.41, 5.74) is 1.78. The molecule has 0 unspecified atom stereocenters. The average Bonchev–Trinajstić information content (AvgIpc) is 3.37. The number of amides is 1. The Morgan fingerprint density at radius 3 is 2.65 bits per heavy atom. The van der Waals surface area contributed by atoms with Crippen LogP contribution in [0.4, 0.5) is 13.2 Å². The minimum absolute atomic E-state index is 0.0490. The van der Waals surface area contributed by atoms with Crippen LogP contribution < -0.4 is 0 Å².